The zero-order valence-corrected chi connectivity index (χ0v) is 17.4. The van der Waals surface area contributed by atoms with Crippen LogP contribution in [0.25, 0.3) is 10.8 Å². The second kappa shape index (κ2) is 11.3. The molecular weight excluding hydrogens is 398 g/mol. The molecule has 0 heterocycles. The summed E-state index contributed by atoms with van der Waals surface area (Å²) in [6.07, 6.45) is -1.82. The number of hydrogen-bond donors (Lipinski definition) is 3. The Morgan fingerprint density at radius 3 is 2.48 bits per heavy atom. The summed E-state index contributed by atoms with van der Waals surface area (Å²) in [5, 5.41) is 23.3. The summed E-state index contributed by atoms with van der Waals surface area (Å²) >= 11 is 0. The molecule has 0 aliphatic rings. The van der Waals surface area contributed by atoms with E-state index in [0.29, 0.717) is 17.0 Å². The molecule has 0 aliphatic carbocycles. The molecule has 2 atom stereocenters. The Hall–Kier alpha value is -3.13. The summed E-state index contributed by atoms with van der Waals surface area (Å²) in [6.45, 7) is -0.182. The number of amides is 1. The van der Waals surface area contributed by atoms with E-state index in [1.54, 1.807) is 30.3 Å². The third-order valence-electron chi connectivity index (χ3n) is 4.89. The van der Waals surface area contributed by atoms with E-state index in [1.165, 1.54) is 7.11 Å². The van der Waals surface area contributed by atoms with E-state index in [0.717, 1.165) is 10.8 Å². The largest absolute Gasteiger partial charge is 0.491 e. The molecule has 0 saturated heterocycles. The van der Waals surface area contributed by atoms with Gasteiger partial charge >= 0.3 is 6.09 Å². The summed E-state index contributed by atoms with van der Waals surface area (Å²) in [5.41, 5.74) is 1.21. The van der Waals surface area contributed by atoms with Crippen molar-refractivity contribution in [3.63, 3.8) is 0 Å². The molecule has 1 amide bonds. The molecular formula is C24H27NO6. The predicted octanol–water partition coefficient (Wildman–Crippen LogP) is 3.90. The van der Waals surface area contributed by atoms with Crippen molar-refractivity contribution in [2.24, 2.45) is 0 Å². The average Bonchev–Trinajstić information content (AvgIpc) is 2.80. The molecule has 0 radical (unpaired) electrons. The van der Waals surface area contributed by atoms with Crippen molar-refractivity contribution in [1.82, 2.24) is 0 Å². The highest BCUT2D eigenvalue weighted by Gasteiger charge is 2.29. The van der Waals surface area contributed by atoms with Crippen molar-refractivity contribution in [2.45, 2.75) is 18.6 Å². The molecule has 0 bridgehead atoms. The highest BCUT2D eigenvalue weighted by Crippen LogP contribution is 2.33. The third kappa shape index (κ3) is 5.73. The average molecular weight is 425 g/mol. The van der Waals surface area contributed by atoms with E-state index in [-0.39, 0.29) is 26.2 Å². The number of fused-ring (bicyclic) bond motifs is 1. The van der Waals surface area contributed by atoms with Crippen LogP contribution in [-0.2, 0) is 9.47 Å². The van der Waals surface area contributed by atoms with E-state index in [1.807, 2.05) is 36.4 Å². The number of hydrogen-bond acceptors (Lipinski definition) is 6. The molecule has 3 aromatic carbocycles. The van der Waals surface area contributed by atoms with Crippen molar-refractivity contribution in [1.29, 1.82) is 0 Å². The first-order valence-electron chi connectivity index (χ1n) is 10.1. The van der Waals surface area contributed by atoms with Gasteiger partial charge in [-0.1, -0.05) is 54.6 Å². The van der Waals surface area contributed by atoms with E-state index in [9.17, 15) is 9.90 Å². The number of para-hydroxylation sites is 1. The van der Waals surface area contributed by atoms with E-state index >= 15 is 0 Å². The second-order valence-corrected chi connectivity index (χ2v) is 6.87. The van der Waals surface area contributed by atoms with Crippen LogP contribution in [0.4, 0.5) is 10.5 Å². The second-order valence-electron chi connectivity index (χ2n) is 6.87. The SMILES string of the molecule is CO[C@H](CCO)[C@H](OC(=O)Nc1cccc2ccccc12)c1ccccc1OCCO. The number of nitrogens with one attached hydrogen (secondary N) is 1. The molecule has 3 N–H and O–H groups in total. The Bertz CT molecular complexity index is 987. The Morgan fingerprint density at radius 1 is 0.968 bits per heavy atom. The number of ether oxygens (including phenoxy) is 3. The van der Waals surface area contributed by atoms with Crippen LogP contribution in [0, 0.1) is 0 Å². The van der Waals surface area contributed by atoms with E-state index in [2.05, 4.69) is 5.32 Å². The number of aliphatic hydroxyl groups is 2. The number of benzene rings is 3. The van der Waals surface area contributed by atoms with Crippen LogP contribution in [-0.4, -0.2) is 49.3 Å². The van der Waals surface area contributed by atoms with Gasteiger partial charge in [0.05, 0.1) is 12.3 Å². The number of carbonyl (C=O) groups is 1. The van der Waals surface area contributed by atoms with Gasteiger partial charge < -0.3 is 24.4 Å². The van der Waals surface area contributed by atoms with Gasteiger partial charge in [-0.3, -0.25) is 5.32 Å². The van der Waals surface area contributed by atoms with E-state index in [4.69, 9.17) is 19.3 Å². The lowest BCUT2D eigenvalue weighted by molar-refractivity contribution is -0.0316. The predicted molar refractivity (Wildman–Crippen MR) is 118 cm³/mol. The van der Waals surface area contributed by atoms with Gasteiger partial charge in [0.2, 0.25) is 0 Å². The lowest BCUT2D eigenvalue weighted by Gasteiger charge is -2.27. The van der Waals surface area contributed by atoms with Crippen LogP contribution in [0.15, 0.2) is 66.7 Å². The normalized spacial score (nSPS) is 12.9. The summed E-state index contributed by atoms with van der Waals surface area (Å²) in [6, 6.07) is 20.4. The molecule has 7 heteroatoms. The van der Waals surface area contributed by atoms with Gasteiger partial charge in [0.1, 0.15) is 18.5 Å². The molecule has 7 nitrogen and oxygen atoms in total. The van der Waals surface area contributed by atoms with Crippen LogP contribution in [0.2, 0.25) is 0 Å². The van der Waals surface area contributed by atoms with Crippen LogP contribution in [0.5, 0.6) is 5.75 Å². The minimum absolute atomic E-state index is 0.101. The van der Waals surface area contributed by atoms with Gasteiger partial charge in [-0.2, -0.15) is 0 Å². The highest BCUT2D eigenvalue weighted by molar-refractivity contribution is 6.00. The molecule has 31 heavy (non-hydrogen) atoms. The minimum atomic E-state index is -0.831. The minimum Gasteiger partial charge on any atom is -0.491 e. The van der Waals surface area contributed by atoms with Gasteiger partial charge in [0.25, 0.3) is 0 Å². The number of carbonyl (C=O) groups excluding carboxylic acids is 1. The first kappa shape index (κ1) is 22.6. The van der Waals surface area contributed by atoms with Crippen LogP contribution >= 0.6 is 0 Å². The van der Waals surface area contributed by atoms with Gasteiger partial charge in [-0.15, -0.1) is 0 Å². The molecule has 0 spiro atoms. The number of anilines is 1. The van der Waals surface area contributed by atoms with Crippen molar-refractivity contribution in [3.05, 3.63) is 72.3 Å². The van der Waals surface area contributed by atoms with Crippen LogP contribution in [0.3, 0.4) is 0 Å². The molecule has 164 valence electrons. The smallest absolute Gasteiger partial charge is 0.412 e. The molecule has 0 aliphatic heterocycles. The first-order chi connectivity index (χ1) is 15.2. The number of methoxy groups -OCH3 is 1. The van der Waals surface area contributed by atoms with Gasteiger partial charge in [0, 0.05) is 31.1 Å². The summed E-state index contributed by atoms with van der Waals surface area (Å²) in [7, 11) is 1.50. The maximum absolute atomic E-state index is 12.9. The molecule has 0 saturated carbocycles. The summed E-state index contributed by atoms with van der Waals surface area (Å²) in [4.78, 5) is 12.9. The first-order valence-corrected chi connectivity index (χ1v) is 10.1. The van der Waals surface area contributed by atoms with Crippen LogP contribution in [0.1, 0.15) is 18.1 Å². The monoisotopic (exact) mass is 425 g/mol. The van der Waals surface area contributed by atoms with Crippen molar-refractivity contribution in [3.8, 4) is 5.75 Å². The van der Waals surface area contributed by atoms with Crippen molar-refractivity contribution >= 4 is 22.6 Å². The molecule has 0 aromatic heterocycles. The standard InChI is InChI=1S/C24H27NO6/c1-29-22(13-14-26)23(19-10-4-5-12-21(19)30-16-15-27)31-24(28)25-20-11-6-8-17-7-2-3-9-18(17)20/h2-12,22-23,26-27H,13-16H2,1H3,(H,25,28)/t22-,23-/m1/s1. The Balaban J connectivity index is 1.87. The maximum Gasteiger partial charge on any atom is 0.412 e. The molecule has 0 unspecified atom stereocenters. The highest BCUT2D eigenvalue weighted by atomic mass is 16.6. The zero-order chi connectivity index (χ0) is 22.1. The quantitative estimate of drug-likeness (QED) is 0.456. The zero-order valence-electron chi connectivity index (χ0n) is 17.4. The van der Waals surface area contributed by atoms with Crippen molar-refractivity contribution < 1.29 is 29.2 Å². The summed E-state index contributed by atoms with van der Waals surface area (Å²) in [5.74, 6) is 0.472. The Labute approximate surface area is 181 Å². The number of rotatable bonds is 10. The topological polar surface area (TPSA) is 97.2 Å². The van der Waals surface area contributed by atoms with Crippen molar-refractivity contribution in [2.75, 3.05) is 32.2 Å². The maximum atomic E-state index is 12.9. The number of aliphatic hydroxyl groups excluding tert-OH is 2. The van der Waals surface area contributed by atoms with Crippen LogP contribution < -0.4 is 10.1 Å². The Morgan fingerprint density at radius 2 is 1.71 bits per heavy atom. The molecule has 3 aromatic rings. The van der Waals surface area contributed by atoms with Gasteiger partial charge in [0.15, 0.2) is 6.10 Å². The lowest BCUT2D eigenvalue weighted by Crippen LogP contribution is -2.29. The van der Waals surface area contributed by atoms with Gasteiger partial charge in [-0.05, 0) is 17.5 Å². The Kier molecular flexibility index (Phi) is 8.23. The molecule has 3 rings (SSSR count). The fraction of sp³-hybridized carbons (Fsp3) is 0.292. The van der Waals surface area contributed by atoms with E-state index < -0.39 is 18.3 Å². The fourth-order valence-corrected chi connectivity index (χ4v) is 3.45. The van der Waals surface area contributed by atoms with Gasteiger partial charge in [-0.25, -0.2) is 4.79 Å². The molecule has 0 fully saturated rings. The third-order valence-corrected chi connectivity index (χ3v) is 4.89. The fourth-order valence-electron chi connectivity index (χ4n) is 3.45. The summed E-state index contributed by atoms with van der Waals surface area (Å²) < 4.78 is 16.9. The lowest BCUT2D eigenvalue weighted by atomic mass is 10.0.